The average molecular weight is 629 g/mol. The van der Waals surface area contributed by atoms with Gasteiger partial charge in [0.15, 0.2) is 10.4 Å². The summed E-state index contributed by atoms with van der Waals surface area (Å²) >= 11 is 10.2. The molecule has 1 aliphatic heterocycles. The van der Waals surface area contributed by atoms with Gasteiger partial charge in [-0.15, -0.1) is 0 Å². The summed E-state index contributed by atoms with van der Waals surface area (Å²) in [5.74, 6) is -0.0369. The molecule has 11 heteroatoms. The maximum absolute atomic E-state index is 15.0. The van der Waals surface area contributed by atoms with Gasteiger partial charge in [0, 0.05) is 30.7 Å². The SMILES string of the molecule is CC(C)c1nc(Br)nc(C(C)C)c1-n1c(=O)nc(N2C[C@@H](C)NC[C@@H]2C)c2cc(Cl)c(-c3ccccc3F)nc21. The Labute approximate surface area is 246 Å². The van der Waals surface area contributed by atoms with Crippen LogP contribution < -0.4 is 15.9 Å². The molecule has 1 fully saturated rings. The van der Waals surface area contributed by atoms with Gasteiger partial charge >= 0.3 is 5.69 Å². The number of benzene rings is 1. The Morgan fingerprint density at radius 2 is 1.70 bits per heavy atom. The van der Waals surface area contributed by atoms with Crippen LogP contribution in [0.2, 0.25) is 5.02 Å². The summed E-state index contributed by atoms with van der Waals surface area (Å²) in [6, 6.07) is 8.34. The number of aromatic nitrogens is 5. The summed E-state index contributed by atoms with van der Waals surface area (Å²) in [4.78, 5) is 35.1. The molecular weight excluding hydrogens is 597 g/mol. The van der Waals surface area contributed by atoms with Gasteiger partial charge in [0.2, 0.25) is 0 Å². The molecular formula is C29H32BrClFN7O. The van der Waals surface area contributed by atoms with Crippen molar-refractivity contribution in [3.8, 4) is 16.9 Å². The summed E-state index contributed by atoms with van der Waals surface area (Å²) in [5, 5.41) is 4.33. The van der Waals surface area contributed by atoms with E-state index in [1.165, 1.54) is 10.6 Å². The fraction of sp³-hybridized carbons (Fsp3) is 0.414. The van der Waals surface area contributed by atoms with E-state index in [0.29, 0.717) is 45.2 Å². The Bertz CT molecular complexity index is 1630. The Morgan fingerprint density at radius 1 is 1.05 bits per heavy atom. The predicted octanol–water partition coefficient (Wildman–Crippen LogP) is 6.23. The number of piperazine rings is 1. The normalized spacial score (nSPS) is 17.8. The van der Waals surface area contributed by atoms with Crippen molar-refractivity contribution in [1.82, 2.24) is 29.8 Å². The van der Waals surface area contributed by atoms with Gasteiger partial charge in [0.25, 0.3) is 0 Å². The highest BCUT2D eigenvalue weighted by molar-refractivity contribution is 9.10. The second-order valence-electron chi connectivity index (χ2n) is 11.0. The van der Waals surface area contributed by atoms with Crippen LogP contribution in [0.5, 0.6) is 0 Å². The van der Waals surface area contributed by atoms with E-state index in [0.717, 1.165) is 6.54 Å². The highest BCUT2D eigenvalue weighted by atomic mass is 79.9. The van der Waals surface area contributed by atoms with E-state index in [9.17, 15) is 9.18 Å². The number of fused-ring (bicyclic) bond motifs is 1. The van der Waals surface area contributed by atoms with E-state index in [1.807, 2.05) is 27.7 Å². The number of hydrogen-bond donors (Lipinski definition) is 1. The zero-order valence-corrected chi connectivity index (χ0v) is 25.7. The van der Waals surface area contributed by atoms with Crippen LogP contribution in [0.3, 0.4) is 0 Å². The van der Waals surface area contributed by atoms with Crippen LogP contribution >= 0.6 is 27.5 Å². The molecule has 0 amide bonds. The zero-order chi connectivity index (χ0) is 28.9. The molecule has 1 saturated heterocycles. The van der Waals surface area contributed by atoms with Gasteiger partial charge < -0.3 is 10.2 Å². The van der Waals surface area contributed by atoms with E-state index < -0.39 is 11.5 Å². The molecule has 3 aromatic heterocycles. The maximum Gasteiger partial charge on any atom is 0.355 e. The molecule has 1 aliphatic rings. The van der Waals surface area contributed by atoms with Crippen molar-refractivity contribution >= 4 is 44.4 Å². The van der Waals surface area contributed by atoms with Gasteiger partial charge in [0.05, 0.1) is 33.2 Å². The number of pyridine rings is 1. The van der Waals surface area contributed by atoms with Crippen molar-refractivity contribution in [1.29, 1.82) is 0 Å². The van der Waals surface area contributed by atoms with Crippen LogP contribution in [0.1, 0.15) is 64.8 Å². The van der Waals surface area contributed by atoms with Gasteiger partial charge in [-0.05, 0) is 59.8 Å². The first kappa shape index (κ1) is 28.6. The molecule has 0 bridgehead atoms. The second-order valence-corrected chi connectivity index (χ2v) is 12.1. The quantitative estimate of drug-likeness (QED) is 0.262. The Morgan fingerprint density at radius 3 is 2.33 bits per heavy atom. The number of nitrogens with zero attached hydrogens (tertiary/aromatic N) is 6. The first-order valence-corrected chi connectivity index (χ1v) is 14.6. The summed E-state index contributed by atoms with van der Waals surface area (Å²) in [6.07, 6.45) is 0. The van der Waals surface area contributed by atoms with Crippen molar-refractivity contribution in [2.45, 2.75) is 65.5 Å². The van der Waals surface area contributed by atoms with Crippen molar-refractivity contribution in [2.75, 3.05) is 18.0 Å². The summed E-state index contributed by atoms with van der Waals surface area (Å²) in [7, 11) is 0. The number of rotatable bonds is 5. The molecule has 210 valence electrons. The Kier molecular flexibility index (Phi) is 7.96. The Hall–Kier alpha value is -2.95. The third-order valence-electron chi connectivity index (χ3n) is 7.19. The number of nitrogens with one attached hydrogen (secondary N) is 1. The van der Waals surface area contributed by atoms with Crippen LogP contribution in [0.4, 0.5) is 10.2 Å². The van der Waals surface area contributed by atoms with E-state index in [1.54, 1.807) is 24.3 Å². The minimum Gasteiger partial charge on any atom is -0.350 e. The molecule has 0 spiro atoms. The average Bonchev–Trinajstić information content (AvgIpc) is 2.90. The monoisotopic (exact) mass is 627 g/mol. The second kappa shape index (κ2) is 11.1. The fourth-order valence-electron chi connectivity index (χ4n) is 5.18. The lowest BCUT2D eigenvalue weighted by Crippen LogP contribution is -2.55. The highest BCUT2D eigenvalue weighted by Crippen LogP contribution is 2.37. The van der Waals surface area contributed by atoms with E-state index in [2.05, 4.69) is 54.9 Å². The van der Waals surface area contributed by atoms with Crippen molar-refractivity contribution in [3.63, 3.8) is 0 Å². The molecule has 2 atom stereocenters. The first-order chi connectivity index (χ1) is 19.0. The molecule has 4 heterocycles. The molecule has 0 saturated carbocycles. The molecule has 1 N–H and O–H groups in total. The topological polar surface area (TPSA) is 88.8 Å². The van der Waals surface area contributed by atoms with Crippen LogP contribution in [0.15, 0.2) is 39.9 Å². The largest absolute Gasteiger partial charge is 0.355 e. The minimum absolute atomic E-state index is 0.0409. The predicted molar refractivity (Wildman–Crippen MR) is 161 cm³/mol. The van der Waals surface area contributed by atoms with Gasteiger partial charge in [0.1, 0.15) is 11.6 Å². The van der Waals surface area contributed by atoms with Gasteiger partial charge in [-0.1, -0.05) is 51.4 Å². The summed E-state index contributed by atoms with van der Waals surface area (Å²) in [6.45, 7) is 13.6. The number of hydrogen-bond acceptors (Lipinski definition) is 7. The third-order valence-corrected chi connectivity index (χ3v) is 7.84. The molecule has 0 radical (unpaired) electrons. The van der Waals surface area contributed by atoms with Crippen LogP contribution in [-0.2, 0) is 0 Å². The minimum atomic E-state index is -0.509. The fourth-order valence-corrected chi connectivity index (χ4v) is 5.82. The van der Waals surface area contributed by atoms with Crippen molar-refractivity contribution in [3.05, 3.63) is 67.8 Å². The number of halogens is 3. The smallest absolute Gasteiger partial charge is 0.350 e. The summed E-state index contributed by atoms with van der Waals surface area (Å²) < 4.78 is 16.9. The zero-order valence-electron chi connectivity index (χ0n) is 23.3. The molecule has 5 rings (SSSR count). The molecule has 1 aromatic carbocycles. The first-order valence-electron chi connectivity index (χ1n) is 13.4. The van der Waals surface area contributed by atoms with Gasteiger partial charge in [-0.25, -0.2) is 28.7 Å². The molecule has 8 nitrogen and oxygen atoms in total. The van der Waals surface area contributed by atoms with Crippen LogP contribution in [-0.4, -0.2) is 49.7 Å². The van der Waals surface area contributed by atoms with Gasteiger partial charge in [-0.3, -0.25) is 0 Å². The standard InChI is InChI=1S/C29H32BrClFN7O/c1-14(2)22-25(23(15(3)4)36-28(30)35-22)39-27-19(11-20(31)24(34-27)18-9-7-8-10-21(18)32)26(37-29(39)40)38-13-16(5)33-12-17(38)6/h7-11,14-17,33H,12-13H2,1-6H3/t16-,17+/m1/s1. The lowest BCUT2D eigenvalue weighted by atomic mass is 10.0. The van der Waals surface area contributed by atoms with Crippen molar-refractivity contribution < 1.29 is 4.39 Å². The third kappa shape index (κ3) is 5.12. The molecule has 0 unspecified atom stereocenters. The highest BCUT2D eigenvalue weighted by Gasteiger charge is 2.30. The number of anilines is 1. The van der Waals surface area contributed by atoms with Crippen molar-refractivity contribution in [2.24, 2.45) is 0 Å². The Balaban J connectivity index is 1.94. The maximum atomic E-state index is 15.0. The van der Waals surface area contributed by atoms with Gasteiger partial charge in [-0.2, -0.15) is 4.98 Å². The van der Waals surface area contributed by atoms with Crippen LogP contribution in [0.25, 0.3) is 28.0 Å². The van der Waals surface area contributed by atoms with Crippen LogP contribution in [0, 0.1) is 5.82 Å². The lowest BCUT2D eigenvalue weighted by molar-refractivity contribution is 0.423. The van der Waals surface area contributed by atoms with E-state index in [-0.39, 0.29) is 40.2 Å². The van der Waals surface area contributed by atoms with E-state index in [4.69, 9.17) is 16.6 Å². The lowest BCUT2D eigenvalue weighted by Gasteiger charge is -2.38. The molecule has 0 aliphatic carbocycles. The summed E-state index contributed by atoms with van der Waals surface area (Å²) in [5.41, 5.74) is 2.20. The molecule has 4 aromatic rings. The molecule has 40 heavy (non-hydrogen) atoms. The van der Waals surface area contributed by atoms with E-state index >= 15 is 0 Å².